The molecule has 19 heteroatoms. The van der Waals surface area contributed by atoms with Gasteiger partial charge in [-0.2, -0.15) is 13.6 Å². The van der Waals surface area contributed by atoms with Gasteiger partial charge in [-0.3, -0.25) is 9.32 Å². The smallest absolute Gasteiger partial charge is 0.390 e. The number of amides is 2. The lowest BCUT2D eigenvalue weighted by molar-refractivity contribution is -0.111. The van der Waals surface area contributed by atoms with Crippen molar-refractivity contribution >= 4 is 41.0 Å². The van der Waals surface area contributed by atoms with Gasteiger partial charge < -0.3 is 34.7 Å². The number of nitrogens with zero attached hydrogens (tertiary/aromatic N) is 1. The number of phosphoric ester groups is 1. The Bertz CT molecular complexity index is 853. The van der Waals surface area contributed by atoms with Gasteiger partial charge in [0.1, 0.15) is 17.9 Å². The maximum absolute atomic E-state index is 11.7. The molecule has 6 atom stereocenters. The van der Waals surface area contributed by atoms with Crippen LogP contribution in [-0.4, -0.2) is 73.2 Å². The van der Waals surface area contributed by atoms with Crippen molar-refractivity contribution in [3.63, 3.8) is 0 Å². The number of carbonyl (C=O) groups is 2. The number of nitrogens with one attached hydrogen (secondary N) is 1. The van der Waals surface area contributed by atoms with Gasteiger partial charge in [0, 0.05) is 13.3 Å². The van der Waals surface area contributed by atoms with E-state index in [1.54, 1.807) is 0 Å². The van der Waals surface area contributed by atoms with Gasteiger partial charge in [0.15, 0.2) is 5.78 Å². The molecule has 2 aliphatic heterocycles. The second kappa shape index (κ2) is 8.71. The lowest BCUT2D eigenvalue weighted by Gasteiger charge is -2.21. The predicted octanol–water partition coefficient (Wildman–Crippen LogP) is -1.03. The second-order valence-electron chi connectivity index (χ2n) is 5.88. The molecule has 1 fully saturated rings. The Morgan fingerprint density at radius 3 is 2.38 bits per heavy atom. The predicted molar refractivity (Wildman–Crippen MR) is 89.5 cm³/mol. The van der Waals surface area contributed by atoms with Crippen LogP contribution in [0, 0.1) is 0 Å². The van der Waals surface area contributed by atoms with Crippen molar-refractivity contribution in [1.29, 1.82) is 0 Å². The van der Waals surface area contributed by atoms with Gasteiger partial charge in [-0.1, -0.05) is 0 Å². The van der Waals surface area contributed by atoms with E-state index in [-0.39, 0.29) is 12.1 Å². The number of rotatable bonds is 9. The summed E-state index contributed by atoms with van der Waals surface area (Å²) in [6.07, 6.45) is -3.64. The van der Waals surface area contributed by atoms with Crippen LogP contribution in [0.15, 0.2) is 4.99 Å². The van der Waals surface area contributed by atoms with Crippen molar-refractivity contribution in [2.24, 2.45) is 4.99 Å². The van der Waals surface area contributed by atoms with Crippen LogP contribution in [0.2, 0.25) is 0 Å². The highest BCUT2D eigenvalue weighted by Crippen LogP contribution is 2.66. The molecule has 2 rings (SSSR count). The summed E-state index contributed by atoms with van der Waals surface area (Å²) in [5.74, 6) is -0.511. The zero-order valence-corrected chi connectivity index (χ0v) is 17.1. The average Bonchev–Trinajstić information content (AvgIpc) is 3.04. The van der Waals surface area contributed by atoms with E-state index in [1.807, 2.05) is 0 Å². The Morgan fingerprint density at radius 1 is 1.21 bits per heavy atom. The first-order valence-electron chi connectivity index (χ1n) is 7.60. The number of Topliss-reactive ketones (excluding diaryl/α,β-unsaturated/α-hetero) is 1. The highest BCUT2D eigenvalue weighted by Gasteiger charge is 2.46. The third kappa shape index (κ3) is 7.10. The van der Waals surface area contributed by atoms with Crippen LogP contribution in [0.4, 0.5) is 4.79 Å². The fourth-order valence-corrected chi connectivity index (χ4v) is 5.61. The maximum Gasteiger partial charge on any atom is 0.490 e. The third-order valence-corrected chi connectivity index (χ3v) is 7.40. The van der Waals surface area contributed by atoms with E-state index < -0.39 is 66.2 Å². The molecule has 0 aromatic heterocycles. The Balaban J connectivity index is 1.96. The molecule has 0 aliphatic carbocycles. The SMILES string of the molecule is CC(=O)C1=NC(=O)NC1[C@H]1C[C@H](O)[C@@H](COP(=O)(O)OP(=O)(O)OP(=O)(O)O)O1. The van der Waals surface area contributed by atoms with Gasteiger partial charge in [0.05, 0.1) is 18.8 Å². The fraction of sp³-hybridized carbons (Fsp3) is 0.700. The Labute approximate surface area is 162 Å². The molecule has 0 spiro atoms. The molecule has 2 aliphatic rings. The third-order valence-electron chi connectivity index (χ3n) is 3.60. The van der Waals surface area contributed by atoms with E-state index in [0.29, 0.717) is 0 Å². The number of phosphoric acid groups is 3. The van der Waals surface area contributed by atoms with Crippen LogP contribution in [0.25, 0.3) is 0 Å². The molecule has 3 unspecified atom stereocenters. The standard InChI is InChI=1S/C10H17N2O14P3/c1-4(13)8-9(12-10(15)11-8)6-2-5(14)7(24-6)3-23-28(19,20)26-29(21,22)25-27(16,17)18/h5-7,9,14H,2-3H2,1H3,(H,12,15)(H,19,20)(H,21,22)(H2,16,17,18)/t5-,6+,7+,9?/m0/s1. The van der Waals surface area contributed by atoms with Crippen LogP contribution in [0.1, 0.15) is 13.3 Å². The summed E-state index contributed by atoms with van der Waals surface area (Å²) in [6, 6.07) is -1.75. The van der Waals surface area contributed by atoms with Crippen molar-refractivity contribution in [3.8, 4) is 0 Å². The van der Waals surface area contributed by atoms with Crippen LogP contribution in [0.5, 0.6) is 0 Å². The minimum Gasteiger partial charge on any atom is -0.390 e. The quantitative estimate of drug-likeness (QED) is 0.215. The molecule has 2 amide bonds. The number of hydrogen-bond donors (Lipinski definition) is 6. The molecule has 0 saturated carbocycles. The lowest BCUT2D eigenvalue weighted by atomic mass is 10.00. The summed E-state index contributed by atoms with van der Waals surface area (Å²) >= 11 is 0. The van der Waals surface area contributed by atoms with Crippen LogP contribution < -0.4 is 5.32 Å². The van der Waals surface area contributed by atoms with Crippen LogP contribution >= 0.6 is 23.5 Å². The average molecular weight is 482 g/mol. The molecule has 0 radical (unpaired) electrons. The van der Waals surface area contributed by atoms with E-state index in [4.69, 9.17) is 19.4 Å². The maximum atomic E-state index is 11.7. The Morgan fingerprint density at radius 2 is 1.83 bits per heavy atom. The summed E-state index contributed by atoms with van der Waals surface area (Å²) in [6.45, 7) is 0.304. The number of hydrogen-bond acceptors (Lipinski definition) is 10. The number of aliphatic hydroxyl groups excluding tert-OH is 1. The van der Waals surface area contributed by atoms with Crippen molar-refractivity contribution in [3.05, 3.63) is 0 Å². The van der Waals surface area contributed by atoms with E-state index in [0.717, 1.165) is 0 Å². The molecule has 6 N–H and O–H groups in total. The van der Waals surface area contributed by atoms with E-state index in [2.05, 4.69) is 23.5 Å². The Kier molecular flexibility index (Phi) is 7.33. The van der Waals surface area contributed by atoms with E-state index >= 15 is 0 Å². The van der Waals surface area contributed by atoms with Crippen LogP contribution in [0.3, 0.4) is 0 Å². The molecule has 1 saturated heterocycles. The first-order chi connectivity index (χ1) is 13.1. The van der Waals surface area contributed by atoms with Gasteiger partial charge in [-0.15, -0.1) is 0 Å². The number of aliphatic hydroxyl groups is 1. The fourth-order valence-electron chi connectivity index (χ4n) is 2.58. The van der Waals surface area contributed by atoms with Crippen molar-refractivity contribution in [1.82, 2.24) is 5.32 Å². The van der Waals surface area contributed by atoms with Gasteiger partial charge >= 0.3 is 29.5 Å². The highest BCUT2D eigenvalue weighted by atomic mass is 31.3. The largest absolute Gasteiger partial charge is 0.490 e. The van der Waals surface area contributed by atoms with Crippen molar-refractivity contribution in [2.75, 3.05) is 6.61 Å². The summed E-state index contributed by atoms with van der Waals surface area (Å²) in [7, 11) is -16.6. The molecular formula is C10H17N2O14P3. The summed E-state index contributed by atoms with van der Waals surface area (Å²) in [4.78, 5) is 61.8. The van der Waals surface area contributed by atoms with Gasteiger partial charge in [0.25, 0.3) is 0 Å². The molecule has 2 heterocycles. The minimum atomic E-state index is -5.67. The molecular weight excluding hydrogens is 465 g/mol. The van der Waals surface area contributed by atoms with E-state index in [9.17, 15) is 33.3 Å². The summed E-state index contributed by atoms with van der Waals surface area (Å²) in [5.41, 5.74) is -0.124. The zero-order chi connectivity index (χ0) is 22.2. The first-order valence-corrected chi connectivity index (χ1v) is 12.1. The van der Waals surface area contributed by atoms with Gasteiger partial charge in [0.2, 0.25) is 0 Å². The van der Waals surface area contributed by atoms with Crippen molar-refractivity contribution in [2.45, 2.75) is 37.7 Å². The highest BCUT2D eigenvalue weighted by molar-refractivity contribution is 7.66. The molecule has 0 bridgehead atoms. The van der Waals surface area contributed by atoms with Crippen LogP contribution in [-0.2, 0) is 36.4 Å². The van der Waals surface area contributed by atoms with Gasteiger partial charge in [-0.05, 0) is 0 Å². The lowest BCUT2D eigenvalue weighted by Crippen LogP contribution is -2.45. The normalized spacial score (nSPS) is 31.7. The minimum absolute atomic E-state index is 0.123. The number of ether oxygens (including phenoxy) is 1. The zero-order valence-electron chi connectivity index (χ0n) is 14.4. The molecule has 0 aromatic carbocycles. The number of carbonyl (C=O) groups excluding carboxylic acids is 2. The Hall–Kier alpha value is -0.860. The molecule has 29 heavy (non-hydrogen) atoms. The topological polar surface area (TPSA) is 248 Å². The molecule has 0 aromatic rings. The second-order valence-corrected chi connectivity index (χ2v) is 10.3. The monoisotopic (exact) mass is 482 g/mol. The van der Waals surface area contributed by atoms with E-state index in [1.165, 1.54) is 6.92 Å². The summed E-state index contributed by atoms with van der Waals surface area (Å²) < 4.78 is 50.4. The summed E-state index contributed by atoms with van der Waals surface area (Å²) in [5, 5.41) is 12.4. The number of ketones is 1. The molecule has 166 valence electrons. The number of aliphatic imine (C=N–C) groups is 1. The molecule has 16 nitrogen and oxygen atoms in total. The number of urea groups is 1. The first kappa shape index (κ1) is 24.4. The van der Waals surface area contributed by atoms with Crippen molar-refractivity contribution < 1.29 is 65.8 Å². The van der Waals surface area contributed by atoms with Gasteiger partial charge in [-0.25, -0.2) is 18.5 Å².